The van der Waals surface area contributed by atoms with Crippen LogP contribution >= 0.6 is 46.4 Å². The number of aliphatic hydroxyl groups is 1. The first-order chi connectivity index (χ1) is 5.50. The first kappa shape index (κ1) is 12.9. The third-order valence-electron chi connectivity index (χ3n) is 1.32. The van der Waals surface area contributed by atoms with Gasteiger partial charge in [0, 0.05) is 0 Å². The second-order valence-corrected chi connectivity index (χ2v) is 4.49. The monoisotopic (exact) mass is 250 g/mol. The van der Waals surface area contributed by atoms with Crippen molar-refractivity contribution in [3.63, 3.8) is 0 Å². The van der Waals surface area contributed by atoms with Gasteiger partial charge < -0.3 is 5.11 Å². The zero-order valence-corrected chi connectivity index (χ0v) is 9.28. The van der Waals surface area contributed by atoms with Crippen molar-refractivity contribution in [2.24, 2.45) is 0 Å². The summed E-state index contributed by atoms with van der Waals surface area (Å²) < 4.78 is 0. The van der Waals surface area contributed by atoms with Gasteiger partial charge in [0.05, 0.1) is 16.9 Å². The van der Waals surface area contributed by atoms with Crippen LogP contribution in [-0.2, 0) is 0 Å². The predicted molar refractivity (Wildman–Crippen MR) is 55.6 cm³/mol. The van der Waals surface area contributed by atoms with E-state index in [1.165, 1.54) is 0 Å². The fourth-order valence-electron chi connectivity index (χ4n) is 0.652. The van der Waals surface area contributed by atoms with E-state index in [0.29, 0.717) is 6.42 Å². The van der Waals surface area contributed by atoms with Gasteiger partial charge in [0.2, 0.25) is 0 Å². The molecule has 0 heterocycles. The maximum absolute atomic E-state index is 9.33. The molecule has 1 nitrogen and oxygen atoms in total. The molecule has 0 bridgehead atoms. The van der Waals surface area contributed by atoms with Gasteiger partial charge in [-0.15, -0.1) is 53.0 Å². The molecule has 0 fully saturated rings. The van der Waals surface area contributed by atoms with Crippen molar-refractivity contribution in [3.05, 3.63) is 12.7 Å². The fraction of sp³-hybridized carbons (Fsp3) is 0.714. The Morgan fingerprint density at radius 1 is 1.17 bits per heavy atom. The maximum Gasteiger partial charge on any atom is 0.125 e. The van der Waals surface area contributed by atoms with Gasteiger partial charge in [-0.25, -0.2) is 0 Å². The zero-order chi connectivity index (χ0) is 9.72. The molecule has 0 spiro atoms. The molecule has 0 aromatic heterocycles. The highest BCUT2D eigenvalue weighted by Gasteiger charge is 2.28. The minimum Gasteiger partial charge on any atom is -0.391 e. The second kappa shape index (κ2) is 6.33. The molecule has 0 aliphatic heterocycles. The van der Waals surface area contributed by atoms with Gasteiger partial charge >= 0.3 is 0 Å². The largest absolute Gasteiger partial charge is 0.391 e. The van der Waals surface area contributed by atoms with Gasteiger partial charge in [-0.2, -0.15) is 0 Å². The van der Waals surface area contributed by atoms with Gasteiger partial charge in [-0.3, -0.25) is 0 Å². The van der Waals surface area contributed by atoms with Crippen molar-refractivity contribution in [2.75, 3.05) is 0 Å². The summed E-state index contributed by atoms with van der Waals surface area (Å²) in [6.07, 6.45) is 1.17. The average Bonchev–Trinajstić information content (AvgIpc) is 2.02. The van der Waals surface area contributed by atoms with E-state index in [9.17, 15) is 5.11 Å². The molecule has 0 aliphatic carbocycles. The molecule has 0 aromatic rings. The van der Waals surface area contributed by atoms with Crippen LogP contribution in [0.2, 0.25) is 0 Å². The smallest absolute Gasteiger partial charge is 0.125 e. The quantitative estimate of drug-likeness (QED) is 0.589. The highest BCUT2D eigenvalue weighted by Crippen LogP contribution is 2.24. The highest BCUT2D eigenvalue weighted by atomic mass is 35.5. The zero-order valence-electron chi connectivity index (χ0n) is 6.26. The molecule has 72 valence electrons. The number of halogens is 4. The van der Waals surface area contributed by atoms with Crippen LogP contribution in [0.15, 0.2) is 12.7 Å². The number of hydrogen-bond donors (Lipinski definition) is 1. The van der Waals surface area contributed by atoms with E-state index in [1.807, 2.05) is 0 Å². The van der Waals surface area contributed by atoms with Crippen molar-refractivity contribution >= 4 is 46.4 Å². The lowest BCUT2D eigenvalue weighted by Gasteiger charge is -2.20. The third-order valence-corrected chi connectivity index (χ3v) is 3.34. The number of aliphatic hydroxyl groups excluding tert-OH is 1. The van der Waals surface area contributed by atoms with Gasteiger partial charge in [0.15, 0.2) is 0 Å². The summed E-state index contributed by atoms with van der Waals surface area (Å²) in [6.45, 7) is 3.46. The Balaban J connectivity index is 3.98. The molecule has 3 atom stereocenters. The lowest BCUT2D eigenvalue weighted by molar-refractivity contribution is 0.171. The molecule has 0 saturated heterocycles. The lowest BCUT2D eigenvalue weighted by Crippen LogP contribution is -2.32. The summed E-state index contributed by atoms with van der Waals surface area (Å²) in [6, 6.07) is 0. The average molecular weight is 252 g/mol. The number of rotatable bonds is 5. The van der Waals surface area contributed by atoms with Crippen LogP contribution in [0.4, 0.5) is 0 Å². The Hall–Kier alpha value is 0.860. The molecule has 0 aliphatic rings. The van der Waals surface area contributed by atoms with E-state index >= 15 is 0 Å². The van der Waals surface area contributed by atoms with Crippen molar-refractivity contribution in [1.82, 2.24) is 0 Å². The van der Waals surface area contributed by atoms with Crippen LogP contribution < -0.4 is 0 Å². The highest BCUT2D eigenvalue weighted by molar-refractivity contribution is 6.49. The molecule has 12 heavy (non-hydrogen) atoms. The minimum atomic E-state index is -0.784. The van der Waals surface area contributed by atoms with Crippen molar-refractivity contribution < 1.29 is 5.11 Å². The normalized spacial score (nSPS) is 18.8. The van der Waals surface area contributed by atoms with Crippen molar-refractivity contribution in [1.29, 1.82) is 0 Å². The molecule has 5 heteroatoms. The van der Waals surface area contributed by atoms with E-state index < -0.39 is 21.7 Å². The van der Waals surface area contributed by atoms with E-state index in [0.717, 1.165) is 0 Å². The summed E-state index contributed by atoms with van der Waals surface area (Å²) in [7, 11) is 0. The third kappa shape index (κ3) is 4.20. The summed E-state index contributed by atoms with van der Waals surface area (Å²) in [5, 5.41) is 8.01. The lowest BCUT2D eigenvalue weighted by atomic mass is 10.1. The molecule has 0 aromatic carbocycles. The molecule has 0 radical (unpaired) electrons. The first-order valence-electron chi connectivity index (χ1n) is 3.36. The van der Waals surface area contributed by atoms with Crippen LogP contribution in [0.3, 0.4) is 0 Å². The molecule has 0 amide bonds. The molecule has 0 saturated carbocycles. The number of alkyl halides is 4. The van der Waals surface area contributed by atoms with Crippen molar-refractivity contribution in [3.8, 4) is 0 Å². The van der Waals surface area contributed by atoms with E-state index in [2.05, 4.69) is 6.58 Å². The van der Waals surface area contributed by atoms with Crippen LogP contribution in [0.25, 0.3) is 0 Å². The first-order valence-corrected chi connectivity index (χ1v) is 5.10. The van der Waals surface area contributed by atoms with Gasteiger partial charge in [0.1, 0.15) is 4.84 Å². The van der Waals surface area contributed by atoms with E-state index in [1.54, 1.807) is 6.08 Å². The molecule has 0 rings (SSSR count). The maximum atomic E-state index is 9.33. The number of hydrogen-bond acceptors (Lipinski definition) is 1. The Bertz CT molecular complexity index is 139. The van der Waals surface area contributed by atoms with Gasteiger partial charge in [0.25, 0.3) is 0 Å². The predicted octanol–water partition coefficient (Wildman–Crippen LogP) is 2.94. The second-order valence-electron chi connectivity index (χ2n) is 2.32. The van der Waals surface area contributed by atoms with Gasteiger partial charge in [-0.1, -0.05) is 6.08 Å². The van der Waals surface area contributed by atoms with Crippen LogP contribution in [0, 0.1) is 0 Å². The molecule has 1 N–H and O–H groups in total. The summed E-state index contributed by atoms with van der Waals surface area (Å²) >= 11 is 22.4. The summed E-state index contributed by atoms with van der Waals surface area (Å²) in [4.78, 5) is -0.784. The summed E-state index contributed by atoms with van der Waals surface area (Å²) in [5.74, 6) is 0. The van der Waals surface area contributed by atoms with Crippen molar-refractivity contribution in [2.45, 2.75) is 28.1 Å². The Labute approximate surface area is 92.2 Å². The summed E-state index contributed by atoms with van der Waals surface area (Å²) in [5.41, 5.74) is 0. The minimum absolute atomic E-state index is 0.373. The molecular weight excluding hydrogens is 242 g/mol. The standard InChI is InChI=1S/C7H10Cl4O/c1-2-3-4(12)5(8)6(9)7(10)11/h2,4-7,12H,1,3H2. The Kier molecular flexibility index (Phi) is 6.79. The van der Waals surface area contributed by atoms with Crippen LogP contribution in [0.1, 0.15) is 6.42 Å². The van der Waals surface area contributed by atoms with E-state index in [-0.39, 0.29) is 0 Å². The fourth-order valence-corrected chi connectivity index (χ4v) is 1.53. The van der Waals surface area contributed by atoms with Gasteiger partial charge in [-0.05, 0) is 6.42 Å². The SMILES string of the molecule is C=CCC(O)C(Cl)C(Cl)C(Cl)Cl. The van der Waals surface area contributed by atoms with E-state index in [4.69, 9.17) is 46.4 Å². The topological polar surface area (TPSA) is 20.2 Å². The Morgan fingerprint density at radius 2 is 1.67 bits per heavy atom. The Morgan fingerprint density at radius 3 is 2.00 bits per heavy atom. The van der Waals surface area contributed by atoms with Crippen LogP contribution in [0.5, 0.6) is 0 Å². The van der Waals surface area contributed by atoms with Crippen LogP contribution in [-0.4, -0.2) is 26.8 Å². The molecular formula is C7H10Cl4O. The molecule has 3 unspecified atom stereocenters.